The summed E-state index contributed by atoms with van der Waals surface area (Å²) in [5, 5.41) is 10.8. The van der Waals surface area contributed by atoms with Crippen LogP contribution in [0, 0.1) is 11.8 Å². The Morgan fingerprint density at radius 2 is 1.57 bits per heavy atom. The maximum atomic E-state index is 14.9. The van der Waals surface area contributed by atoms with E-state index < -0.39 is 42.2 Å². The predicted octanol–water partition coefficient (Wildman–Crippen LogP) is 4.90. The molecule has 238 valence electrons. The van der Waals surface area contributed by atoms with Gasteiger partial charge in [0, 0.05) is 30.1 Å². The van der Waals surface area contributed by atoms with Crippen LogP contribution in [-0.2, 0) is 25.7 Å². The standard InChI is InChI=1S/C37H38BrN3O5/c1-3-20-39(23-25-14-8-5-9-15-25)36(45)33-37-22-28(38)32(46-37)30(34(43)40(21-4-2)27-18-12-7-13-19-27)31(37)35(44)41(33)29(24-42)26-16-10-6-11-17-26/h3-19,28-33,42H,1-2,20-24H2/t28?,29-,30-,31+,32-,33?,37?/m1/s1. The number of carbonyl (C=O) groups excluding carboxylic acids is 3. The number of anilines is 1. The molecule has 1 N–H and O–H groups in total. The predicted molar refractivity (Wildman–Crippen MR) is 180 cm³/mol. The molecule has 6 rings (SSSR count). The number of fused-ring (bicyclic) bond motifs is 1. The average Bonchev–Trinajstić information content (AvgIpc) is 3.68. The maximum Gasteiger partial charge on any atom is 0.249 e. The molecule has 7 atom stereocenters. The van der Waals surface area contributed by atoms with Crippen molar-refractivity contribution < 1.29 is 24.2 Å². The molecule has 0 aliphatic carbocycles. The van der Waals surface area contributed by atoms with Gasteiger partial charge in [0.05, 0.1) is 30.6 Å². The summed E-state index contributed by atoms with van der Waals surface area (Å²) < 4.78 is 6.80. The van der Waals surface area contributed by atoms with E-state index in [1.54, 1.807) is 22.0 Å². The Balaban J connectivity index is 1.47. The highest BCUT2D eigenvalue weighted by Gasteiger charge is 2.77. The van der Waals surface area contributed by atoms with Crippen LogP contribution >= 0.6 is 15.9 Å². The Labute approximate surface area is 278 Å². The quantitative estimate of drug-likeness (QED) is 0.217. The van der Waals surface area contributed by atoms with Gasteiger partial charge in [0.2, 0.25) is 17.7 Å². The molecule has 3 saturated heterocycles. The minimum Gasteiger partial charge on any atom is -0.394 e. The van der Waals surface area contributed by atoms with Crippen molar-refractivity contribution in [1.82, 2.24) is 9.80 Å². The van der Waals surface area contributed by atoms with E-state index in [2.05, 4.69) is 29.1 Å². The number of ether oxygens (including phenoxy) is 1. The van der Waals surface area contributed by atoms with Crippen molar-refractivity contribution in [2.45, 2.75) is 41.6 Å². The van der Waals surface area contributed by atoms with Crippen LogP contribution in [0.4, 0.5) is 5.69 Å². The Morgan fingerprint density at radius 3 is 2.17 bits per heavy atom. The molecule has 3 aromatic rings. The monoisotopic (exact) mass is 683 g/mol. The summed E-state index contributed by atoms with van der Waals surface area (Å²) in [4.78, 5) is 48.9. The number of hydrogen-bond acceptors (Lipinski definition) is 5. The lowest BCUT2D eigenvalue weighted by atomic mass is 9.70. The maximum absolute atomic E-state index is 14.9. The van der Waals surface area contributed by atoms with Crippen molar-refractivity contribution >= 4 is 39.3 Å². The van der Waals surface area contributed by atoms with Crippen LogP contribution in [0.1, 0.15) is 23.6 Å². The minimum absolute atomic E-state index is 0.243. The zero-order valence-corrected chi connectivity index (χ0v) is 27.1. The Kier molecular flexibility index (Phi) is 9.27. The first-order valence-corrected chi connectivity index (χ1v) is 16.5. The molecule has 0 saturated carbocycles. The molecule has 8 nitrogen and oxygen atoms in total. The zero-order chi connectivity index (χ0) is 32.4. The highest BCUT2D eigenvalue weighted by Crippen LogP contribution is 2.61. The number of benzene rings is 3. The van der Waals surface area contributed by atoms with Gasteiger partial charge in [-0.15, -0.1) is 13.2 Å². The normalized spacial score (nSPS) is 26.8. The summed E-state index contributed by atoms with van der Waals surface area (Å²) in [5.74, 6) is -2.73. The lowest BCUT2D eigenvalue weighted by molar-refractivity contribution is -0.151. The fourth-order valence-corrected chi connectivity index (χ4v) is 8.54. The molecule has 3 unspecified atom stereocenters. The molecular formula is C37H38BrN3O5. The number of amides is 3. The van der Waals surface area contributed by atoms with Gasteiger partial charge in [-0.25, -0.2) is 0 Å². The molecule has 0 aromatic heterocycles. The molecule has 9 heteroatoms. The largest absolute Gasteiger partial charge is 0.394 e. The first-order valence-electron chi connectivity index (χ1n) is 15.6. The van der Waals surface area contributed by atoms with E-state index in [4.69, 9.17) is 4.74 Å². The summed E-state index contributed by atoms with van der Waals surface area (Å²) >= 11 is 3.78. The van der Waals surface area contributed by atoms with Gasteiger partial charge >= 0.3 is 0 Å². The number of para-hydroxylation sites is 1. The molecule has 3 aliphatic heterocycles. The van der Waals surface area contributed by atoms with Gasteiger partial charge in [0.15, 0.2) is 0 Å². The molecule has 3 fully saturated rings. The molecule has 3 amide bonds. The minimum atomic E-state index is -1.29. The van der Waals surface area contributed by atoms with Gasteiger partial charge in [-0.2, -0.15) is 0 Å². The van der Waals surface area contributed by atoms with Crippen LogP contribution in [-0.4, -0.2) is 74.9 Å². The first-order chi connectivity index (χ1) is 22.4. The van der Waals surface area contributed by atoms with Crippen LogP contribution in [0.15, 0.2) is 116 Å². The second kappa shape index (κ2) is 13.4. The molecule has 1 spiro atoms. The average molecular weight is 685 g/mol. The third-order valence-corrected chi connectivity index (χ3v) is 10.3. The summed E-state index contributed by atoms with van der Waals surface area (Å²) in [6.45, 7) is 8.14. The first kappa shape index (κ1) is 31.9. The number of aliphatic hydroxyl groups is 1. The summed E-state index contributed by atoms with van der Waals surface area (Å²) in [6, 6.07) is 26.2. The third-order valence-electron chi connectivity index (χ3n) is 9.46. The molecule has 3 aromatic carbocycles. The van der Waals surface area contributed by atoms with Crippen molar-refractivity contribution in [2.75, 3.05) is 24.6 Å². The van der Waals surface area contributed by atoms with Crippen LogP contribution < -0.4 is 4.90 Å². The van der Waals surface area contributed by atoms with Gasteiger partial charge in [0.25, 0.3) is 0 Å². The van der Waals surface area contributed by atoms with Gasteiger partial charge in [-0.05, 0) is 29.7 Å². The van der Waals surface area contributed by atoms with Crippen molar-refractivity contribution in [3.05, 3.63) is 127 Å². The number of hydrogen-bond donors (Lipinski definition) is 1. The third kappa shape index (κ3) is 5.40. The van der Waals surface area contributed by atoms with Gasteiger partial charge in [0.1, 0.15) is 11.6 Å². The lowest BCUT2D eigenvalue weighted by Crippen LogP contribution is -2.57. The van der Waals surface area contributed by atoms with Crippen LogP contribution in [0.25, 0.3) is 0 Å². The molecule has 46 heavy (non-hydrogen) atoms. The smallest absolute Gasteiger partial charge is 0.249 e. The summed E-state index contributed by atoms with van der Waals surface area (Å²) in [7, 11) is 0. The van der Waals surface area contributed by atoms with Crippen LogP contribution in [0.3, 0.4) is 0 Å². The van der Waals surface area contributed by atoms with E-state index in [9.17, 15) is 19.5 Å². The highest BCUT2D eigenvalue weighted by molar-refractivity contribution is 9.09. The fraction of sp³-hybridized carbons (Fsp3) is 0.324. The highest BCUT2D eigenvalue weighted by atomic mass is 79.9. The fourth-order valence-electron chi connectivity index (χ4n) is 7.60. The zero-order valence-electron chi connectivity index (χ0n) is 25.5. The second-order valence-corrected chi connectivity index (χ2v) is 13.3. The van der Waals surface area contributed by atoms with Crippen molar-refractivity contribution in [1.29, 1.82) is 0 Å². The summed E-state index contributed by atoms with van der Waals surface area (Å²) in [6.07, 6.45) is 3.06. The topological polar surface area (TPSA) is 90.4 Å². The van der Waals surface area contributed by atoms with Crippen LogP contribution in [0.2, 0.25) is 0 Å². The number of likely N-dealkylation sites (tertiary alicyclic amines) is 1. The number of halogens is 1. The molecule has 3 heterocycles. The molecule has 3 aliphatic rings. The van der Waals surface area contributed by atoms with Crippen molar-refractivity contribution in [2.24, 2.45) is 11.8 Å². The second-order valence-electron chi connectivity index (χ2n) is 12.1. The van der Waals surface area contributed by atoms with Gasteiger partial charge in [-0.3, -0.25) is 14.4 Å². The van der Waals surface area contributed by atoms with E-state index in [-0.39, 0.29) is 35.6 Å². The van der Waals surface area contributed by atoms with Crippen LogP contribution in [0.5, 0.6) is 0 Å². The van der Waals surface area contributed by atoms with Gasteiger partial charge in [-0.1, -0.05) is 107 Å². The lowest BCUT2D eigenvalue weighted by Gasteiger charge is -2.39. The van der Waals surface area contributed by atoms with Crippen molar-refractivity contribution in [3.8, 4) is 0 Å². The van der Waals surface area contributed by atoms with E-state index in [1.165, 1.54) is 4.90 Å². The van der Waals surface area contributed by atoms with E-state index in [0.717, 1.165) is 5.56 Å². The number of aliphatic hydroxyl groups excluding tert-OH is 1. The molecular weight excluding hydrogens is 646 g/mol. The Hall–Kier alpha value is -4.05. The SMILES string of the molecule is C=CCN(Cc1ccccc1)C(=O)C1N([C@H](CO)c2ccccc2)C(=O)[C@@H]2[C@@H](C(=O)N(CC=C)c3ccccc3)[C@@H]3OC12CC3Br. The van der Waals surface area contributed by atoms with E-state index >= 15 is 0 Å². The number of rotatable bonds is 12. The molecule has 0 radical (unpaired) electrons. The van der Waals surface area contributed by atoms with Crippen molar-refractivity contribution in [3.63, 3.8) is 0 Å². The van der Waals surface area contributed by atoms with E-state index in [1.807, 2.05) is 91.0 Å². The number of carbonyl (C=O) groups is 3. The Bertz CT molecular complexity index is 1590. The van der Waals surface area contributed by atoms with Gasteiger partial charge < -0.3 is 24.5 Å². The Morgan fingerprint density at radius 1 is 0.957 bits per heavy atom. The molecule has 2 bridgehead atoms. The number of alkyl halides is 1. The van der Waals surface area contributed by atoms with E-state index in [0.29, 0.717) is 24.2 Å². The summed E-state index contributed by atoms with van der Waals surface area (Å²) in [5.41, 5.74) is 1.01. The number of nitrogens with zero attached hydrogens (tertiary/aromatic N) is 3.